The van der Waals surface area contributed by atoms with Crippen molar-refractivity contribution in [1.82, 2.24) is 4.90 Å². The summed E-state index contributed by atoms with van der Waals surface area (Å²) >= 11 is 3.71. The molecule has 0 amide bonds. The fraction of sp³-hybridized carbons (Fsp3) is 1.00. The van der Waals surface area contributed by atoms with Gasteiger partial charge in [0.25, 0.3) is 0 Å². The van der Waals surface area contributed by atoms with Crippen LogP contribution in [0.5, 0.6) is 0 Å². The zero-order valence-corrected chi connectivity index (χ0v) is 12.8. The second-order valence-electron chi connectivity index (χ2n) is 5.10. The maximum absolute atomic E-state index is 5.19. The highest BCUT2D eigenvalue weighted by atomic mass is 79.9. The lowest BCUT2D eigenvalue weighted by Crippen LogP contribution is -2.40. The first-order valence-corrected chi connectivity index (χ1v) is 7.65. The van der Waals surface area contributed by atoms with Gasteiger partial charge in [-0.1, -0.05) is 28.8 Å². The van der Waals surface area contributed by atoms with Crippen molar-refractivity contribution in [3.63, 3.8) is 0 Å². The Kier molecular flexibility index (Phi) is 7.67. The molecule has 1 saturated carbocycles. The first kappa shape index (κ1) is 15.4. The molecule has 0 spiro atoms. The topological polar surface area (TPSA) is 21.7 Å². The molecule has 102 valence electrons. The molecule has 1 fully saturated rings. The highest BCUT2D eigenvalue weighted by molar-refractivity contribution is 9.09. The molecular weight excluding hydrogens is 282 g/mol. The number of rotatable bonds is 9. The van der Waals surface area contributed by atoms with Gasteiger partial charge in [0.2, 0.25) is 0 Å². The number of methoxy groups -OCH3 is 2. The minimum absolute atomic E-state index is 0.488. The van der Waals surface area contributed by atoms with Crippen LogP contribution in [0.15, 0.2) is 0 Å². The molecule has 0 unspecified atom stereocenters. The lowest BCUT2D eigenvalue weighted by atomic mass is 9.88. The van der Waals surface area contributed by atoms with Crippen LogP contribution >= 0.6 is 15.9 Å². The molecule has 1 aliphatic carbocycles. The number of nitrogens with zero attached hydrogens (tertiary/aromatic N) is 1. The Morgan fingerprint density at radius 2 is 1.59 bits per heavy atom. The van der Waals surface area contributed by atoms with E-state index in [9.17, 15) is 0 Å². The molecule has 0 atom stereocenters. The van der Waals surface area contributed by atoms with Gasteiger partial charge in [-0.2, -0.15) is 0 Å². The van der Waals surface area contributed by atoms with Crippen molar-refractivity contribution in [3.8, 4) is 0 Å². The van der Waals surface area contributed by atoms with Gasteiger partial charge in [-0.3, -0.25) is 4.90 Å². The van der Waals surface area contributed by atoms with Crippen molar-refractivity contribution in [2.45, 2.75) is 25.7 Å². The molecule has 1 aliphatic rings. The summed E-state index contributed by atoms with van der Waals surface area (Å²) < 4.78 is 10.4. The standard InChI is InChI=1S/C13H26BrNO2/c1-16-9-7-15(8-10-17-2)12-13(11-14)5-3-4-6-13/h3-12H2,1-2H3. The summed E-state index contributed by atoms with van der Waals surface area (Å²) in [6, 6.07) is 0. The zero-order chi connectivity index (χ0) is 12.6. The maximum atomic E-state index is 5.19. The van der Waals surface area contributed by atoms with Crippen LogP contribution in [0.2, 0.25) is 0 Å². The van der Waals surface area contributed by atoms with Gasteiger partial charge in [0.15, 0.2) is 0 Å². The van der Waals surface area contributed by atoms with E-state index in [1.54, 1.807) is 14.2 Å². The molecule has 3 nitrogen and oxygen atoms in total. The van der Waals surface area contributed by atoms with E-state index in [-0.39, 0.29) is 0 Å². The van der Waals surface area contributed by atoms with E-state index in [4.69, 9.17) is 9.47 Å². The number of ether oxygens (including phenoxy) is 2. The molecule has 0 N–H and O–H groups in total. The number of hydrogen-bond acceptors (Lipinski definition) is 3. The van der Waals surface area contributed by atoms with E-state index in [1.165, 1.54) is 32.2 Å². The molecule has 0 aromatic carbocycles. The van der Waals surface area contributed by atoms with Gasteiger partial charge in [0.1, 0.15) is 0 Å². The second kappa shape index (κ2) is 8.46. The van der Waals surface area contributed by atoms with Gasteiger partial charge in [-0.15, -0.1) is 0 Å². The van der Waals surface area contributed by atoms with E-state index in [0.29, 0.717) is 5.41 Å². The van der Waals surface area contributed by atoms with Gasteiger partial charge in [-0.05, 0) is 18.3 Å². The molecule has 17 heavy (non-hydrogen) atoms. The van der Waals surface area contributed by atoms with Crippen molar-refractivity contribution in [3.05, 3.63) is 0 Å². The average Bonchev–Trinajstić information content (AvgIpc) is 2.82. The predicted molar refractivity (Wildman–Crippen MR) is 74.9 cm³/mol. The minimum Gasteiger partial charge on any atom is -0.383 e. The Bertz CT molecular complexity index is 188. The van der Waals surface area contributed by atoms with Crippen LogP contribution in [-0.2, 0) is 9.47 Å². The Balaban J connectivity index is 2.44. The summed E-state index contributed by atoms with van der Waals surface area (Å²) in [5, 5.41) is 1.12. The third-order valence-corrected chi connectivity index (χ3v) is 4.92. The largest absolute Gasteiger partial charge is 0.383 e. The smallest absolute Gasteiger partial charge is 0.0589 e. The van der Waals surface area contributed by atoms with Crippen molar-refractivity contribution in [2.24, 2.45) is 5.41 Å². The van der Waals surface area contributed by atoms with E-state index in [1.807, 2.05) is 0 Å². The second-order valence-corrected chi connectivity index (χ2v) is 5.66. The molecule has 0 bridgehead atoms. The molecule has 0 radical (unpaired) electrons. The SMILES string of the molecule is COCCN(CCOC)CC1(CBr)CCCC1. The Morgan fingerprint density at radius 1 is 1.06 bits per heavy atom. The summed E-state index contributed by atoms with van der Waals surface area (Å²) in [5.41, 5.74) is 0.488. The number of alkyl halides is 1. The van der Waals surface area contributed by atoms with Crippen molar-refractivity contribution in [2.75, 3.05) is 52.4 Å². The number of hydrogen-bond donors (Lipinski definition) is 0. The summed E-state index contributed by atoms with van der Waals surface area (Å²) in [6.45, 7) is 4.80. The van der Waals surface area contributed by atoms with Gasteiger partial charge in [0.05, 0.1) is 13.2 Å². The molecule has 0 saturated heterocycles. The molecule has 0 aromatic rings. The van der Waals surface area contributed by atoms with Crippen LogP contribution in [0.4, 0.5) is 0 Å². The third kappa shape index (κ3) is 5.25. The molecular formula is C13H26BrNO2. The Labute approximate surface area is 114 Å². The molecule has 0 heterocycles. The van der Waals surface area contributed by atoms with Gasteiger partial charge < -0.3 is 9.47 Å². The number of halogens is 1. The monoisotopic (exact) mass is 307 g/mol. The fourth-order valence-electron chi connectivity index (χ4n) is 2.64. The van der Waals surface area contributed by atoms with E-state index in [0.717, 1.165) is 31.6 Å². The van der Waals surface area contributed by atoms with Gasteiger partial charge in [-0.25, -0.2) is 0 Å². The predicted octanol–water partition coefficient (Wildman–Crippen LogP) is 2.54. The van der Waals surface area contributed by atoms with Crippen LogP contribution in [0.3, 0.4) is 0 Å². The fourth-order valence-corrected chi connectivity index (χ4v) is 3.38. The van der Waals surface area contributed by atoms with E-state index < -0.39 is 0 Å². The lowest BCUT2D eigenvalue weighted by Gasteiger charge is -2.34. The summed E-state index contributed by atoms with van der Waals surface area (Å²) in [4.78, 5) is 2.49. The first-order valence-electron chi connectivity index (χ1n) is 6.52. The molecule has 1 rings (SSSR count). The van der Waals surface area contributed by atoms with Crippen LogP contribution in [0.1, 0.15) is 25.7 Å². The minimum atomic E-state index is 0.488. The van der Waals surface area contributed by atoms with Crippen LogP contribution in [0.25, 0.3) is 0 Å². The van der Waals surface area contributed by atoms with Crippen molar-refractivity contribution in [1.29, 1.82) is 0 Å². The average molecular weight is 308 g/mol. The quantitative estimate of drug-likeness (QED) is 0.611. The van der Waals surface area contributed by atoms with Crippen LogP contribution in [-0.4, -0.2) is 57.3 Å². The summed E-state index contributed by atoms with van der Waals surface area (Å²) in [7, 11) is 3.54. The zero-order valence-electron chi connectivity index (χ0n) is 11.2. The van der Waals surface area contributed by atoms with Crippen LogP contribution in [0, 0.1) is 5.41 Å². The molecule has 0 aliphatic heterocycles. The Morgan fingerprint density at radius 3 is 2.00 bits per heavy atom. The summed E-state index contributed by atoms with van der Waals surface area (Å²) in [5.74, 6) is 0. The third-order valence-electron chi connectivity index (χ3n) is 3.73. The van der Waals surface area contributed by atoms with Crippen molar-refractivity contribution < 1.29 is 9.47 Å². The molecule has 0 aromatic heterocycles. The Hall–Kier alpha value is 0.360. The highest BCUT2D eigenvalue weighted by Crippen LogP contribution is 2.40. The molecule has 4 heteroatoms. The highest BCUT2D eigenvalue weighted by Gasteiger charge is 2.34. The van der Waals surface area contributed by atoms with E-state index >= 15 is 0 Å². The van der Waals surface area contributed by atoms with E-state index in [2.05, 4.69) is 20.8 Å². The summed E-state index contributed by atoms with van der Waals surface area (Å²) in [6.07, 6.45) is 5.48. The van der Waals surface area contributed by atoms with Crippen molar-refractivity contribution >= 4 is 15.9 Å². The maximum Gasteiger partial charge on any atom is 0.0589 e. The van der Waals surface area contributed by atoms with Gasteiger partial charge in [0, 0.05) is 39.2 Å². The van der Waals surface area contributed by atoms with Gasteiger partial charge >= 0.3 is 0 Å². The first-order chi connectivity index (χ1) is 8.26. The normalized spacial score (nSPS) is 19.1. The lowest BCUT2D eigenvalue weighted by molar-refractivity contribution is 0.0871. The van der Waals surface area contributed by atoms with Crippen LogP contribution < -0.4 is 0 Å².